The number of H-pyrrole nitrogens is 4. The van der Waals surface area contributed by atoms with Gasteiger partial charge in [0.1, 0.15) is 91.9 Å². The molecule has 144 heavy (non-hydrogen) atoms. The van der Waals surface area contributed by atoms with Crippen molar-refractivity contribution < 1.29 is 84.7 Å². The molecule has 55 heteroatoms. The van der Waals surface area contributed by atoms with E-state index in [1.165, 1.54) is 102 Å². The molecule has 0 aromatic carbocycles. The molecule has 0 saturated carbocycles. The van der Waals surface area contributed by atoms with E-state index in [4.69, 9.17) is 9.26 Å². The minimum absolute atomic E-state index is 0.182. The van der Waals surface area contributed by atoms with Crippen LogP contribution in [0, 0.1) is 0 Å². The summed E-state index contributed by atoms with van der Waals surface area (Å²) in [6.07, 6.45) is 18.2. The molecular weight excluding hydrogens is 1930 g/mol. The van der Waals surface area contributed by atoms with Crippen LogP contribution in [0.1, 0.15) is 88.4 Å². The maximum Gasteiger partial charge on any atom is 0.417 e. The minimum Gasteiger partial charge on any atom is -0.369 e. The van der Waals surface area contributed by atoms with E-state index < -0.39 is 62.6 Å². The quantitative estimate of drug-likeness (QED) is 0.0693. The summed E-state index contributed by atoms with van der Waals surface area (Å²) in [4.78, 5) is 116. The lowest BCUT2D eigenvalue weighted by Crippen LogP contribution is -2.71. The van der Waals surface area contributed by atoms with Crippen LogP contribution in [0.15, 0.2) is 226 Å². The number of anilines is 4. The van der Waals surface area contributed by atoms with Gasteiger partial charge in [0, 0.05) is 177 Å². The van der Waals surface area contributed by atoms with Gasteiger partial charge in [0.05, 0.1) is 134 Å². The summed E-state index contributed by atoms with van der Waals surface area (Å²) in [5.41, 5.74) is 2.50. The number of hydrogen-bond acceptors (Lipinski definition) is 29. The first-order valence-corrected chi connectivity index (χ1v) is 45.8. The molecule has 3 amide bonds. The second-order valence-electron chi connectivity index (χ2n) is 33.9. The molecule has 5 fully saturated rings. The number of aromatic nitrogens is 27. The largest absolute Gasteiger partial charge is 0.417 e. The van der Waals surface area contributed by atoms with Crippen LogP contribution in [0.4, 0.5) is 76.0 Å². The van der Waals surface area contributed by atoms with E-state index in [-0.39, 0.29) is 72.2 Å². The lowest BCUT2D eigenvalue weighted by Gasteiger charge is -2.52. The van der Waals surface area contributed by atoms with Crippen LogP contribution < -0.4 is 19.6 Å². The molecule has 5 saturated heterocycles. The third-order valence-electron chi connectivity index (χ3n) is 24.7. The van der Waals surface area contributed by atoms with E-state index in [1.807, 2.05) is 19.6 Å². The number of ether oxygens (including phenoxy) is 1. The SMILES string of the molecule is CS(=O)(=O)N1CC2(CN(c3ccnc(-c4cnc5ccc(C(F)(F)F)cn45)n3)CCO2)C1.Cn1cnc(C(=O)N2CCN(c3ccnc(-c4cnc5ccc(C(F)(F)F)cn45)n3)CC2c2cn[nH]c2)c1.O=C(c1cnc[nH]1)N1CCN(c2ccnc(-c3cnc4ccc(C(F)(F)F)cn34)n2)CC1c1cn[nH]c1.O=C(c1cnoc1)N1CCN(c2ccnc(-c3cnc4ccc(C(F)(F)F)cn34)n2)CC1c1cn[nH]c1. The first kappa shape index (κ1) is 94.6. The maximum absolute atomic E-state index is 13.3. The summed E-state index contributed by atoms with van der Waals surface area (Å²) in [6, 6.07) is 15.0. The van der Waals surface area contributed by atoms with E-state index >= 15 is 0 Å². The second kappa shape index (κ2) is 37.9. The number of halogens is 12. The Morgan fingerprint density at radius 1 is 0.417 bits per heavy atom. The fourth-order valence-electron chi connectivity index (χ4n) is 17.5. The van der Waals surface area contributed by atoms with Crippen molar-refractivity contribution in [3.8, 4) is 46.1 Å². The number of alkyl halides is 12. The Labute approximate surface area is 803 Å². The number of aromatic amines is 4. The monoisotopic (exact) mass is 2010 g/mol. The van der Waals surface area contributed by atoms with E-state index in [0.29, 0.717) is 164 Å². The van der Waals surface area contributed by atoms with Crippen LogP contribution in [0.5, 0.6) is 0 Å². The summed E-state index contributed by atoms with van der Waals surface area (Å²) in [5, 5.41) is 24.1. The van der Waals surface area contributed by atoms with Gasteiger partial charge in [-0.15, -0.1) is 0 Å². The molecule has 740 valence electrons. The van der Waals surface area contributed by atoms with Crippen molar-refractivity contribution in [2.45, 2.75) is 48.4 Å². The molecular formula is C89H77F12N35O7S. The van der Waals surface area contributed by atoms with Gasteiger partial charge >= 0.3 is 24.7 Å². The van der Waals surface area contributed by atoms with Gasteiger partial charge in [-0.2, -0.15) is 72.3 Å². The highest BCUT2D eigenvalue weighted by molar-refractivity contribution is 7.88. The third kappa shape index (κ3) is 19.5. The lowest BCUT2D eigenvalue weighted by atomic mass is 9.94. The van der Waals surface area contributed by atoms with E-state index in [9.17, 15) is 75.5 Å². The Bertz CT molecular complexity index is 7570. The zero-order chi connectivity index (χ0) is 100. The number of pyridine rings is 4. The van der Waals surface area contributed by atoms with Gasteiger partial charge in [0.25, 0.3) is 17.7 Å². The molecule has 4 N–H and O–H groups in total. The van der Waals surface area contributed by atoms with Crippen molar-refractivity contribution in [2.75, 3.05) is 118 Å². The molecule has 5 aliphatic rings. The van der Waals surface area contributed by atoms with Crippen LogP contribution >= 0.6 is 0 Å². The molecule has 3 atom stereocenters. The van der Waals surface area contributed by atoms with Crippen molar-refractivity contribution in [3.05, 3.63) is 278 Å². The smallest absolute Gasteiger partial charge is 0.369 e. The number of nitrogens with one attached hydrogen (secondary N) is 4. The van der Waals surface area contributed by atoms with Crippen LogP contribution in [0.25, 0.3) is 68.7 Å². The van der Waals surface area contributed by atoms with E-state index in [2.05, 4.69) is 111 Å². The summed E-state index contributed by atoms with van der Waals surface area (Å²) < 4.78 is 202. The number of amides is 3. The standard InChI is InChI=1S/C24H21F3N10O.C23H19F3N10O.C23H18F3N9O2.C19H19F3N6O3S/c1-34-12-17(30-14-34)23(38)36-7-6-35(13-19(36)15-8-31-32-9-15)21-4-5-28-22(33-21)18-10-29-20-3-2-16(11-37(18)20)24(25,26)27;24-23(25,26)15-1-2-19-29-10-17(36(19)11-15)21-28-4-3-20(33-21)34-5-6-35(22(37)16-9-27-13-30-16)18(12-34)14-7-31-32-8-14;24-23(25,26)16-1-2-19-28-10-17(35(19)11-16)21-27-4-3-20(32-21)33-5-6-34(22(36)15-9-31-37-13-15)18(12-33)14-7-29-30-8-14;1-32(29,30)27-11-18(12-27)10-26(6-7-31-18)16-4-5-23-17(25-16)14-8-24-15-3-2-13(9-28(14)15)19(20,21)22/h2-5,8-12,14,19H,6-7,13H2,1H3,(H,31,32);1-4,7-11,13,18H,5-6,12H2,(H,27,30)(H,31,32);1-4,7-11,13,18H,5-6,12H2,(H,29,30);2-5,8-9H,6-7,10-12H2,1H3. The molecule has 1 spiro atoms. The minimum atomic E-state index is -4.50. The van der Waals surface area contributed by atoms with Gasteiger partial charge in [-0.1, -0.05) is 5.16 Å². The number of carbonyl (C=O) groups excluding carboxylic acids is 3. The van der Waals surface area contributed by atoms with Crippen molar-refractivity contribution >= 4 is 73.6 Å². The number of imidazole rings is 6. The molecule has 18 aromatic heterocycles. The number of fused-ring (bicyclic) bond motifs is 4. The molecule has 5 aliphatic heterocycles. The maximum atomic E-state index is 13.3. The fraction of sp³-hybridized carbons (Fsp3) is 0.270. The van der Waals surface area contributed by atoms with Gasteiger partial charge in [-0.05, 0) is 72.8 Å². The molecule has 23 heterocycles. The Hall–Kier alpha value is -17.0. The highest BCUT2D eigenvalue weighted by Crippen LogP contribution is 2.41. The highest BCUT2D eigenvalue weighted by atomic mass is 32.2. The van der Waals surface area contributed by atoms with Crippen molar-refractivity contribution in [1.82, 2.24) is 152 Å². The van der Waals surface area contributed by atoms with Crippen LogP contribution in [-0.4, -0.2) is 281 Å². The number of hydrogen-bond donors (Lipinski definition) is 4. The Balaban J connectivity index is 0.000000117. The number of morpholine rings is 1. The van der Waals surface area contributed by atoms with Gasteiger partial charge < -0.3 is 53.1 Å². The molecule has 23 rings (SSSR count). The Kier molecular flexibility index (Phi) is 24.9. The average molecular weight is 2010 g/mol. The Morgan fingerprint density at radius 2 is 0.792 bits per heavy atom. The van der Waals surface area contributed by atoms with Gasteiger partial charge in [-0.25, -0.2) is 78.2 Å². The van der Waals surface area contributed by atoms with Crippen LogP contribution in [0.2, 0.25) is 0 Å². The molecule has 42 nitrogen and oxygen atoms in total. The predicted molar refractivity (Wildman–Crippen MR) is 484 cm³/mol. The number of rotatable bonds is 15. The van der Waals surface area contributed by atoms with Crippen molar-refractivity contribution in [3.63, 3.8) is 0 Å². The van der Waals surface area contributed by atoms with E-state index in [1.54, 1.807) is 119 Å². The summed E-state index contributed by atoms with van der Waals surface area (Å²) >= 11 is 0. The lowest BCUT2D eigenvalue weighted by molar-refractivity contribution is -0.138. The van der Waals surface area contributed by atoms with Gasteiger partial charge in [-0.3, -0.25) is 47.3 Å². The first-order valence-electron chi connectivity index (χ1n) is 43.9. The zero-order valence-corrected chi connectivity index (χ0v) is 75.9. The fourth-order valence-corrected chi connectivity index (χ4v) is 18.4. The highest BCUT2D eigenvalue weighted by Gasteiger charge is 2.51. The van der Waals surface area contributed by atoms with Crippen LogP contribution in [0.3, 0.4) is 0 Å². The molecule has 3 unspecified atom stereocenters. The summed E-state index contributed by atoms with van der Waals surface area (Å²) in [5.74, 6) is 2.65. The average Bonchev–Trinajstić information content (AvgIpc) is 0.971. The number of carbonyl (C=O) groups is 3. The second-order valence-corrected chi connectivity index (χ2v) is 35.8. The van der Waals surface area contributed by atoms with Crippen molar-refractivity contribution in [1.29, 1.82) is 0 Å². The normalized spacial score (nSPS) is 17.1. The topological polar surface area (TPSA) is 451 Å². The summed E-state index contributed by atoms with van der Waals surface area (Å²) in [7, 11) is -1.47. The molecule has 0 radical (unpaired) electrons. The first-order chi connectivity index (χ1) is 69.1. The van der Waals surface area contributed by atoms with Crippen molar-refractivity contribution in [2.24, 2.45) is 7.05 Å². The number of piperazine rings is 3. The number of nitrogens with zero attached hydrogens (tertiary/aromatic N) is 31. The van der Waals surface area contributed by atoms with Gasteiger partial charge in [0.15, 0.2) is 23.3 Å². The zero-order valence-electron chi connectivity index (χ0n) is 75.1. The van der Waals surface area contributed by atoms with Gasteiger partial charge in [0.2, 0.25) is 10.0 Å². The van der Waals surface area contributed by atoms with Crippen LogP contribution in [-0.2, 0) is 46.5 Å². The number of sulfonamides is 1. The molecule has 0 aliphatic carbocycles. The van der Waals surface area contributed by atoms with E-state index in [0.717, 1.165) is 72.0 Å². The molecule has 0 bridgehead atoms. The predicted octanol–water partition coefficient (Wildman–Crippen LogP) is 10.8. The number of aryl methyl sites for hydroxylation is 1. The molecule has 18 aromatic rings. The third-order valence-corrected chi connectivity index (χ3v) is 25.9. The summed E-state index contributed by atoms with van der Waals surface area (Å²) in [6.45, 7) is 5.78. The Morgan fingerprint density at radius 3 is 1.12 bits per heavy atom.